The molecule has 1 aromatic carbocycles. The molecule has 0 aliphatic rings. The van der Waals surface area contributed by atoms with Crippen LogP contribution in [-0.2, 0) is 0 Å². The molecule has 5 nitrogen and oxygen atoms in total. The fourth-order valence-electron chi connectivity index (χ4n) is 1.12. The van der Waals surface area contributed by atoms with Crippen LogP contribution in [0.1, 0.15) is 0 Å². The van der Waals surface area contributed by atoms with E-state index in [9.17, 15) is 4.91 Å². The van der Waals surface area contributed by atoms with Crippen molar-refractivity contribution in [3.63, 3.8) is 0 Å². The van der Waals surface area contributed by atoms with E-state index in [2.05, 4.69) is 15.7 Å². The third-order valence-corrected chi connectivity index (χ3v) is 2.66. The largest absolute Gasteiger partial charge is 1.00 e. The number of benzene rings is 1. The Morgan fingerprint density at radius 2 is 2.33 bits per heavy atom. The normalized spacial score (nSPS) is 9.40. The van der Waals surface area contributed by atoms with Crippen LogP contribution in [0.2, 0.25) is 0 Å². The van der Waals surface area contributed by atoms with E-state index in [0.717, 1.165) is 16.0 Å². The quantitative estimate of drug-likeness (QED) is 0.436. The summed E-state index contributed by atoms with van der Waals surface area (Å²) in [4.78, 5) is 14.1. The van der Waals surface area contributed by atoms with E-state index in [1.54, 1.807) is 7.11 Å². The minimum absolute atomic E-state index is 0. The maximum atomic E-state index is 9.96. The van der Waals surface area contributed by atoms with Crippen molar-refractivity contribution < 1.29 is 34.3 Å². The summed E-state index contributed by atoms with van der Waals surface area (Å²) in [6, 6.07) is 5.52. The Kier molecular flexibility index (Phi) is 4.46. The van der Waals surface area contributed by atoms with Gasteiger partial charge in [-0.15, -0.1) is 4.91 Å². The van der Waals surface area contributed by atoms with Crippen molar-refractivity contribution in [1.82, 2.24) is 4.98 Å². The first kappa shape index (κ1) is 12.4. The molecule has 0 atom stereocenters. The SMILES string of the molecule is COc1ccc2nc(NN=O)sc2c1.[Na+]. The fraction of sp³-hybridized carbons (Fsp3) is 0.125. The smallest absolute Gasteiger partial charge is 0.497 e. The zero-order valence-electron chi connectivity index (χ0n) is 8.35. The third-order valence-electron chi connectivity index (χ3n) is 1.74. The first-order valence-corrected chi connectivity index (χ1v) is 4.68. The van der Waals surface area contributed by atoms with Crippen LogP contribution in [0.5, 0.6) is 5.75 Å². The summed E-state index contributed by atoms with van der Waals surface area (Å²) in [7, 11) is 1.61. The van der Waals surface area contributed by atoms with Crippen molar-refractivity contribution >= 4 is 26.7 Å². The predicted molar refractivity (Wildman–Crippen MR) is 55.6 cm³/mol. The van der Waals surface area contributed by atoms with Gasteiger partial charge in [-0.05, 0) is 18.2 Å². The van der Waals surface area contributed by atoms with E-state index >= 15 is 0 Å². The van der Waals surface area contributed by atoms with Gasteiger partial charge in [-0.3, -0.25) is 0 Å². The maximum absolute atomic E-state index is 9.96. The van der Waals surface area contributed by atoms with Crippen LogP contribution in [0.3, 0.4) is 0 Å². The zero-order chi connectivity index (χ0) is 9.97. The number of anilines is 1. The molecule has 0 aliphatic carbocycles. The molecular weight excluding hydrogens is 225 g/mol. The second-order valence-electron chi connectivity index (χ2n) is 2.56. The summed E-state index contributed by atoms with van der Waals surface area (Å²) in [6.45, 7) is 0. The number of hydrogen-bond donors (Lipinski definition) is 1. The minimum atomic E-state index is 0. The van der Waals surface area contributed by atoms with Crippen LogP contribution in [0, 0.1) is 4.91 Å². The van der Waals surface area contributed by atoms with Gasteiger partial charge in [0.1, 0.15) is 5.75 Å². The molecule has 1 heterocycles. The molecule has 0 radical (unpaired) electrons. The van der Waals surface area contributed by atoms with Crippen LogP contribution < -0.4 is 39.7 Å². The number of rotatable bonds is 3. The Hall–Kier alpha value is -0.690. The van der Waals surface area contributed by atoms with Crippen molar-refractivity contribution in [1.29, 1.82) is 0 Å². The average molecular weight is 232 g/mol. The van der Waals surface area contributed by atoms with Gasteiger partial charge in [0.05, 0.1) is 22.6 Å². The molecule has 72 valence electrons. The molecule has 0 saturated heterocycles. The molecule has 0 fully saturated rings. The van der Waals surface area contributed by atoms with Gasteiger partial charge in [0, 0.05) is 0 Å². The summed E-state index contributed by atoms with van der Waals surface area (Å²) in [5, 5.41) is 3.05. The van der Waals surface area contributed by atoms with Crippen molar-refractivity contribution in [3.8, 4) is 5.75 Å². The third kappa shape index (κ3) is 2.66. The molecule has 0 unspecified atom stereocenters. The number of ether oxygens (including phenoxy) is 1. The van der Waals surface area contributed by atoms with Crippen molar-refractivity contribution in [3.05, 3.63) is 23.1 Å². The van der Waals surface area contributed by atoms with E-state index in [0.29, 0.717) is 5.13 Å². The van der Waals surface area contributed by atoms with Crippen LogP contribution in [-0.4, -0.2) is 12.1 Å². The summed E-state index contributed by atoms with van der Waals surface area (Å²) in [5.41, 5.74) is 3.09. The second-order valence-corrected chi connectivity index (χ2v) is 3.59. The molecule has 2 rings (SSSR count). The summed E-state index contributed by atoms with van der Waals surface area (Å²) < 4.78 is 6.02. The Labute approximate surface area is 112 Å². The molecule has 7 heteroatoms. The molecule has 0 saturated carbocycles. The topological polar surface area (TPSA) is 63.6 Å². The number of nitrogens with one attached hydrogen (secondary N) is 1. The Morgan fingerprint density at radius 3 is 3.00 bits per heavy atom. The number of methoxy groups -OCH3 is 1. The molecule has 1 aromatic heterocycles. The van der Waals surface area contributed by atoms with Crippen LogP contribution in [0.4, 0.5) is 5.13 Å². The second kappa shape index (κ2) is 5.41. The van der Waals surface area contributed by atoms with E-state index in [1.165, 1.54) is 11.3 Å². The van der Waals surface area contributed by atoms with Crippen molar-refractivity contribution in [2.45, 2.75) is 0 Å². The molecule has 0 spiro atoms. The molecule has 2 aromatic rings. The number of thiazole rings is 1. The maximum Gasteiger partial charge on any atom is 1.00 e. The molecule has 0 bridgehead atoms. The first-order valence-electron chi connectivity index (χ1n) is 3.86. The number of fused-ring (bicyclic) bond motifs is 1. The van der Waals surface area contributed by atoms with Crippen LogP contribution >= 0.6 is 11.3 Å². The van der Waals surface area contributed by atoms with Gasteiger partial charge in [-0.2, -0.15) is 0 Å². The van der Waals surface area contributed by atoms with Crippen molar-refractivity contribution in [2.75, 3.05) is 12.5 Å². The summed E-state index contributed by atoms with van der Waals surface area (Å²) in [5.74, 6) is 0.770. The number of nitroso groups, excluding NO2 is 1. The van der Waals surface area contributed by atoms with Gasteiger partial charge in [0.15, 0.2) is 0 Å². The minimum Gasteiger partial charge on any atom is -0.497 e. The Morgan fingerprint density at radius 1 is 1.53 bits per heavy atom. The van der Waals surface area contributed by atoms with Gasteiger partial charge >= 0.3 is 29.6 Å². The van der Waals surface area contributed by atoms with Gasteiger partial charge < -0.3 is 4.74 Å². The van der Waals surface area contributed by atoms with E-state index in [-0.39, 0.29) is 29.6 Å². The summed E-state index contributed by atoms with van der Waals surface area (Å²) in [6.07, 6.45) is 0. The molecule has 0 amide bonds. The number of nitrogens with zero attached hydrogens (tertiary/aromatic N) is 2. The molecule has 15 heavy (non-hydrogen) atoms. The van der Waals surface area contributed by atoms with Crippen molar-refractivity contribution in [2.24, 2.45) is 5.29 Å². The Bertz CT molecular complexity index is 474. The molecule has 0 aliphatic heterocycles. The van der Waals surface area contributed by atoms with E-state index < -0.39 is 0 Å². The monoisotopic (exact) mass is 232 g/mol. The number of hydrogen-bond acceptors (Lipinski definition) is 5. The summed E-state index contributed by atoms with van der Waals surface area (Å²) >= 11 is 1.36. The zero-order valence-corrected chi connectivity index (χ0v) is 11.2. The van der Waals surface area contributed by atoms with E-state index in [4.69, 9.17) is 4.74 Å². The first-order chi connectivity index (χ1) is 6.83. The standard InChI is InChI=1S/C8H7N3O2S.Na/c1-13-5-2-3-6-7(4-5)14-8(9-6)10-11-12;/h2-4H,1H3,(H,9,10,12);/q;+1. The van der Waals surface area contributed by atoms with E-state index in [1.807, 2.05) is 18.2 Å². The Balaban J connectivity index is 0.00000112. The van der Waals surface area contributed by atoms with Gasteiger partial charge in [0.2, 0.25) is 5.13 Å². The molecule has 1 N–H and O–H groups in total. The van der Waals surface area contributed by atoms with Crippen LogP contribution in [0.15, 0.2) is 23.5 Å². The van der Waals surface area contributed by atoms with Crippen LogP contribution in [0.25, 0.3) is 10.2 Å². The molecular formula is C8H7N3NaO2S+. The van der Waals surface area contributed by atoms with Gasteiger partial charge in [0.25, 0.3) is 0 Å². The number of aromatic nitrogens is 1. The average Bonchev–Trinajstić information content (AvgIpc) is 2.59. The fourth-order valence-corrected chi connectivity index (χ4v) is 1.95. The van der Waals surface area contributed by atoms with Gasteiger partial charge in [-0.1, -0.05) is 11.3 Å². The predicted octanol–water partition coefficient (Wildman–Crippen LogP) is -0.598. The van der Waals surface area contributed by atoms with Gasteiger partial charge in [-0.25, -0.2) is 10.4 Å².